The second-order valence-corrected chi connectivity index (χ2v) is 4.68. The number of ether oxygens (including phenoxy) is 1. The summed E-state index contributed by atoms with van der Waals surface area (Å²) in [6, 6.07) is 14.9. The molecule has 2 rings (SSSR count). The van der Waals surface area contributed by atoms with Crippen molar-refractivity contribution in [1.82, 2.24) is 0 Å². The molecule has 0 amide bonds. The first-order valence-electron chi connectivity index (χ1n) is 6.85. The zero-order chi connectivity index (χ0) is 15.2. The van der Waals surface area contributed by atoms with E-state index in [2.05, 4.69) is 0 Å². The predicted octanol–water partition coefficient (Wildman–Crippen LogP) is 4.02. The number of carboxylic acids is 1. The third-order valence-corrected chi connectivity index (χ3v) is 3.17. The fourth-order valence-electron chi connectivity index (χ4n) is 2.12. The average molecular weight is 282 g/mol. The number of rotatable bonds is 5. The van der Waals surface area contributed by atoms with Crippen molar-refractivity contribution in [1.29, 1.82) is 0 Å². The van der Waals surface area contributed by atoms with Crippen LogP contribution in [0.5, 0.6) is 5.75 Å². The van der Waals surface area contributed by atoms with Crippen LogP contribution in [0.2, 0.25) is 0 Å². The van der Waals surface area contributed by atoms with E-state index in [1.165, 1.54) is 0 Å². The molecule has 0 bridgehead atoms. The van der Waals surface area contributed by atoms with E-state index in [1.807, 2.05) is 62.4 Å². The van der Waals surface area contributed by atoms with Crippen molar-refractivity contribution in [3.63, 3.8) is 0 Å². The highest BCUT2D eigenvalue weighted by Crippen LogP contribution is 2.23. The van der Waals surface area contributed by atoms with Crippen LogP contribution in [0, 0.1) is 6.92 Å². The van der Waals surface area contributed by atoms with Crippen molar-refractivity contribution in [2.75, 3.05) is 6.61 Å². The molecule has 0 saturated heterocycles. The van der Waals surface area contributed by atoms with Gasteiger partial charge in [0, 0.05) is 0 Å². The first-order chi connectivity index (χ1) is 10.1. The molecular weight excluding hydrogens is 264 g/mol. The molecule has 108 valence electrons. The number of aryl methyl sites for hydroxylation is 1. The van der Waals surface area contributed by atoms with Gasteiger partial charge in [0.1, 0.15) is 5.75 Å². The molecule has 2 aromatic carbocycles. The van der Waals surface area contributed by atoms with Gasteiger partial charge in [-0.2, -0.15) is 0 Å². The molecule has 0 aliphatic heterocycles. The lowest BCUT2D eigenvalue weighted by Gasteiger charge is -2.07. The van der Waals surface area contributed by atoms with Crippen LogP contribution in [-0.2, 0) is 4.79 Å². The zero-order valence-electron chi connectivity index (χ0n) is 12.2. The molecule has 0 atom stereocenters. The summed E-state index contributed by atoms with van der Waals surface area (Å²) in [5, 5.41) is 9.46. The maximum absolute atomic E-state index is 11.5. The van der Waals surface area contributed by atoms with Crippen molar-refractivity contribution in [2.24, 2.45) is 0 Å². The van der Waals surface area contributed by atoms with Crippen LogP contribution in [0.15, 0.2) is 48.5 Å². The van der Waals surface area contributed by atoms with Gasteiger partial charge in [0.05, 0.1) is 12.2 Å². The van der Waals surface area contributed by atoms with Gasteiger partial charge in [-0.05, 0) is 48.7 Å². The molecule has 0 aliphatic rings. The smallest absolute Gasteiger partial charge is 0.336 e. The Morgan fingerprint density at radius 1 is 1.14 bits per heavy atom. The molecule has 0 fully saturated rings. The molecule has 0 spiro atoms. The number of carboxylic acid groups (broad SMARTS) is 1. The van der Waals surface area contributed by atoms with Crippen LogP contribution in [0.4, 0.5) is 0 Å². The molecule has 0 unspecified atom stereocenters. The standard InChI is InChI=1S/C18H18O3/c1-3-21-15-10-8-14(9-11-15)12-17(18(19)20)16-7-5-4-6-13(16)2/h4-12H,3H2,1-2H3,(H,19,20)/b17-12+. The highest BCUT2D eigenvalue weighted by Gasteiger charge is 2.12. The summed E-state index contributed by atoms with van der Waals surface area (Å²) in [5.41, 5.74) is 2.80. The monoisotopic (exact) mass is 282 g/mol. The van der Waals surface area contributed by atoms with Crippen molar-refractivity contribution >= 4 is 17.6 Å². The van der Waals surface area contributed by atoms with E-state index in [-0.39, 0.29) is 5.57 Å². The van der Waals surface area contributed by atoms with Crippen LogP contribution in [0.1, 0.15) is 23.6 Å². The van der Waals surface area contributed by atoms with Crippen LogP contribution < -0.4 is 4.74 Å². The van der Waals surface area contributed by atoms with Gasteiger partial charge in [-0.25, -0.2) is 4.79 Å². The quantitative estimate of drug-likeness (QED) is 0.665. The van der Waals surface area contributed by atoms with Gasteiger partial charge < -0.3 is 9.84 Å². The molecule has 0 aromatic heterocycles. The Bertz CT molecular complexity index is 654. The Morgan fingerprint density at radius 3 is 2.38 bits per heavy atom. The summed E-state index contributed by atoms with van der Waals surface area (Å²) in [5.74, 6) is -0.152. The summed E-state index contributed by atoms with van der Waals surface area (Å²) in [6.07, 6.45) is 1.68. The highest BCUT2D eigenvalue weighted by atomic mass is 16.5. The van der Waals surface area contributed by atoms with Crippen LogP contribution >= 0.6 is 0 Å². The average Bonchev–Trinajstić information content (AvgIpc) is 2.47. The lowest BCUT2D eigenvalue weighted by molar-refractivity contribution is -0.130. The van der Waals surface area contributed by atoms with Gasteiger partial charge in [0.15, 0.2) is 0 Å². The Morgan fingerprint density at radius 2 is 1.81 bits per heavy atom. The molecule has 0 saturated carbocycles. The number of carbonyl (C=O) groups is 1. The van der Waals surface area contributed by atoms with Gasteiger partial charge in [0.25, 0.3) is 0 Å². The van der Waals surface area contributed by atoms with Crippen LogP contribution in [0.25, 0.3) is 11.6 Å². The fourth-order valence-corrected chi connectivity index (χ4v) is 2.12. The number of hydrogen-bond donors (Lipinski definition) is 1. The van der Waals surface area contributed by atoms with Crippen molar-refractivity contribution in [2.45, 2.75) is 13.8 Å². The van der Waals surface area contributed by atoms with Gasteiger partial charge in [-0.1, -0.05) is 36.4 Å². The number of hydrogen-bond acceptors (Lipinski definition) is 2. The molecule has 3 nitrogen and oxygen atoms in total. The minimum Gasteiger partial charge on any atom is -0.494 e. The lowest BCUT2D eigenvalue weighted by atomic mass is 9.98. The molecular formula is C18H18O3. The maximum atomic E-state index is 11.5. The second-order valence-electron chi connectivity index (χ2n) is 4.68. The first kappa shape index (κ1) is 14.9. The van der Waals surface area contributed by atoms with E-state index < -0.39 is 5.97 Å². The van der Waals surface area contributed by atoms with Crippen molar-refractivity contribution in [3.8, 4) is 5.75 Å². The Kier molecular flexibility index (Phi) is 4.77. The molecule has 1 N–H and O–H groups in total. The van der Waals surface area contributed by atoms with Gasteiger partial charge in [0.2, 0.25) is 0 Å². The van der Waals surface area contributed by atoms with E-state index in [4.69, 9.17) is 4.74 Å². The topological polar surface area (TPSA) is 46.5 Å². The summed E-state index contributed by atoms with van der Waals surface area (Å²) in [6.45, 7) is 4.44. The van der Waals surface area contributed by atoms with Gasteiger partial charge in [-0.15, -0.1) is 0 Å². The normalized spacial score (nSPS) is 11.2. The van der Waals surface area contributed by atoms with Crippen LogP contribution in [0.3, 0.4) is 0 Å². The number of benzene rings is 2. The zero-order valence-corrected chi connectivity index (χ0v) is 12.2. The minimum atomic E-state index is -0.932. The molecule has 21 heavy (non-hydrogen) atoms. The van der Waals surface area contributed by atoms with E-state index in [0.29, 0.717) is 6.61 Å². The largest absolute Gasteiger partial charge is 0.494 e. The lowest BCUT2D eigenvalue weighted by Crippen LogP contribution is -2.01. The second kappa shape index (κ2) is 6.75. The summed E-state index contributed by atoms with van der Waals surface area (Å²) in [4.78, 5) is 11.5. The first-order valence-corrected chi connectivity index (χ1v) is 6.85. The summed E-state index contributed by atoms with van der Waals surface area (Å²) >= 11 is 0. The van der Waals surface area contributed by atoms with E-state index >= 15 is 0 Å². The molecule has 0 radical (unpaired) electrons. The van der Waals surface area contributed by atoms with Crippen molar-refractivity contribution < 1.29 is 14.6 Å². The van der Waals surface area contributed by atoms with E-state index in [1.54, 1.807) is 6.08 Å². The summed E-state index contributed by atoms with van der Waals surface area (Å²) < 4.78 is 5.38. The van der Waals surface area contributed by atoms with Gasteiger partial charge >= 0.3 is 5.97 Å². The highest BCUT2D eigenvalue weighted by molar-refractivity contribution is 6.21. The SMILES string of the molecule is CCOc1ccc(/C=C(/C(=O)O)c2ccccc2C)cc1. The fraction of sp³-hybridized carbons (Fsp3) is 0.167. The van der Waals surface area contributed by atoms with E-state index in [9.17, 15) is 9.90 Å². The number of aliphatic carboxylic acids is 1. The van der Waals surface area contributed by atoms with Crippen LogP contribution in [-0.4, -0.2) is 17.7 Å². The molecule has 2 aromatic rings. The molecule has 0 aliphatic carbocycles. The summed E-state index contributed by atoms with van der Waals surface area (Å²) in [7, 11) is 0. The Labute approximate surface area is 124 Å². The predicted molar refractivity (Wildman–Crippen MR) is 84.3 cm³/mol. The third kappa shape index (κ3) is 3.72. The van der Waals surface area contributed by atoms with Crippen molar-refractivity contribution in [3.05, 3.63) is 65.2 Å². The molecule has 3 heteroatoms. The minimum absolute atomic E-state index is 0.289. The van der Waals surface area contributed by atoms with Gasteiger partial charge in [-0.3, -0.25) is 0 Å². The molecule has 0 heterocycles. The van der Waals surface area contributed by atoms with E-state index in [0.717, 1.165) is 22.4 Å². The third-order valence-electron chi connectivity index (χ3n) is 3.17. The Balaban J connectivity index is 2.38. The Hall–Kier alpha value is -2.55. The maximum Gasteiger partial charge on any atom is 0.336 e.